The maximum absolute atomic E-state index is 12.6. The summed E-state index contributed by atoms with van der Waals surface area (Å²) in [5.74, 6) is -1.23. The molecule has 32 heavy (non-hydrogen) atoms. The molecule has 1 heterocycles. The third kappa shape index (κ3) is 3.92. The molecule has 3 unspecified atom stereocenters. The van der Waals surface area contributed by atoms with Gasteiger partial charge in [-0.05, 0) is 50.9 Å². The number of hydrogen-bond donors (Lipinski definition) is 2. The highest BCUT2D eigenvalue weighted by molar-refractivity contribution is 5.78. The van der Waals surface area contributed by atoms with E-state index in [1.54, 1.807) is 0 Å². The number of amides is 2. The molecule has 2 spiro atoms. The monoisotopic (exact) mass is 450 g/mol. The molecule has 5 aliphatic carbocycles. The van der Waals surface area contributed by atoms with Crippen LogP contribution >= 0.6 is 0 Å². The summed E-state index contributed by atoms with van der Waals surface area (Å²) in [5.41, 5.74) is -0.232. The van der Waals surface area contributed by atoms with Crippen LogP contribution in [0.3, 0.4) is 0 Å². The SMILES string of the molecule is CC(=O)NCCC(=O)NC12CC3CC(C1)C1(OO[C@@]4(CCCC(OC(C)=O)C4)O1)C(C3)C2. The van der Waals surface area contributed by atoms with Gasteiger partial charge in [-0.25, -0.2) is 0 Å². The third-order valence-electron chi connectivity index (χ3n) is 8.08. The van der Waals surface area contributed by atoms with Gasteiger partial charge in [0.15, 0.2) is 0 Å². The van der Waals surface area contributed by atoms with Crippen LogP contribution in [0.5, 0.6) is 0 Å². The fraction of sp³-hybridized carbons (Fsp3) is 0.870. The van der Waals surface area contributed by atoms with Crippen molar-refractivity contribution in [2.45, 2.75) is 101 Å². The molecule has 4 atom stereocenters. The largest absolute Gasteiger partial charge is 0.462 e. The highest BCUT2D eigenvalue weighted by atomic mass is 17.3. The predicted molar refractivity (Wildman–Crippen MR) is 110 cm³/mol. The zero-order valence-corrected chi connectivity index (χ0v) is 18.9. The molecule has 0 aromatic rings. The Balaban J connectivity index is 1.26. The Kier molecular flexibility index (Phi) is 5.49. The van der Waals surface area contributed by atoms with Gasteiger partial charge in [0.25, 0.3) is 0 Å². The summed E-state index contributed by atoms with van der Waals surface area (Å²) in [6, 6.07) is 0. The molecule has 9 heteroatoms. The average molecular weight is 451 g/mol. The van der Waals surface area contributed by atoms with E-state index < -0.39 is 11.6 Å². The summed E-state index contributed by atoms with van der Waals surface area (Å²) in [5, 5.41) is 5.99. The molecule has 5 saturated carbocycles. The second-order valence-electron chi connectivity index (χ2n) is 10.6. The Morgan fingerprint density at radius 2 is 1.78 bits per heavy atom. The van der Waals surface area contributed by atoms with E-state index in [0.717, 1.165) is 51.4 Å². The van der Waals surface area contributed by atoms with E-state index in [9.17, 15) is 14.4 Å². The lowest BCUT2D eigenvalue weighted by Gasteiger charge is -2.62. The first-order valence-corrected chi connectivity index (χ1v) is 12.0. The van der Waals surface area contributed by atoms with E-state index in [2.05, 4.69) is 10.6 Å². The molecule has 2 N–H and O–H groups in total. The predicted octanol–water partition coefficient (Wildman–Crippen LogP) is 2.08. The first kappa shape index (κ1) is 22.1. The Morgan fingerprint density at radius 3 is 2.47 bits per heavy atom. The highest BCUT2D eigenvalue weighted by Gasteiger charge is 2.70. The number of esters is 1. The van der Waals surface area contributed by atoms with Crippen molar-refractivity contribution in [3.05, 3.63) is 0 Å². The van der Waals surface area contributed by atoms with Gasteiger partial charge in [-0.2, -0.15) is 9.78 Å². The normalized spacial score (nSPS) is 44.1. The van der Waals surface area contributed by atoms with Crippen molar-refractivity contribution in [2.75, 3.05) is 6.54 Å². The Bertz CT molecular complexity index is 785. The lowest BCUT2D eigenvalue weighted by Crippen LogP contribution is -2.69. The quantitative estimate of drug-likeness (QED) is 0.487. The van der Waals surface area contributed by atoms with Crippen LogP contribution in [0.15, 0.2) is 0 Å². The lowest BCUT2D eigenvalue weighted by atomic mass is 9.50. The molecule has 6 aliphatic rings. The van der Waals surface area contributed by atoms with Gasteiger partial charge >= 0.3 is 5.97 Å². The van der Waals surface area contributed by atoms with E-state index in [1.807, 2.05) is 0 Å². The van der Waals surface area contributed by atoms with Gasteiger partial charge in [0.2, 0.25) is 23.4 Å². The van der Waals surface area contributed by atoms with Crippen LogP contribution in [0.25, 0.3) is 0 Å². The maximum atomic E-state index is 12.6. The number of ether oxygens (including phenoxy) is 2. The van der Waals surface area contributed by atoms with E-state index >= 15 is 0 Å². The molecule has 0 aromatic carbocycles. The molecule has 1 aliphatic heterocycles. The molecule has 0 aromatic heterocycles. The van der Waals surface area contributed by atoms with E-state index in [0.29, 0.717) is 18.9 Å². The smallest absolute Gasteiger partial charge is 0.302 e. The van der Waals surface area contributed by atoms with E-state index in [4.69, 9.17) is 19.2 Å². The molecular formula is C23H34N2O7. The van der Waals surface area contributed by atoms with Crippen molar-refractivity contribution in [2.24, 2.45) is 17.8 Å². The van der Waals surface area contributed by atoms with Gasteiger partial charge in [-0.1, -0.05) is 0 Å². The Labute approximate surface area is 188 Å². The summed E-state index contributed by atoms with van der Waals surface area (Å²) in [4.78, 5) is 47.1. The zero-order chi connectivity index (χ0) is 22.6. The van der Waals surface area contributed by atoms with Gasteiger partial charge in [-0.15, -0.1) is 0 Å². The van der Waals surface area contributed by atoms with Gasteiger partial charge < -0.3 is 20.1 Å². The molecule has 6 fully saturated rings. The number of rotatable bonds is 5. The fourth-order valence-corrected chi connectivity index (χ4v) is 7.21. The second-order valence-corrected chi connectivity index (χ2v) is 10.6. The minimum absolute atomic E-state index is 0.0211. The summed E-state index contributed by atoms with van der Waals surface area (Å²) in [7, 11) is 0. The molecule has 178 valence electrons. The van der Waals surface area contributed by atoms with Gasteiger partial charge in [0.1, 0.15) is 6.10 Å². The van der Waals surface area contributed by atoms with Crippen LogP contribution in [0.4, 0.5) is 0 Å². The van der Waals surface area contributed by atoms with Crippen molar-refractivity contribution < 1.29 is 33.6 Å². The van der Waals surface area contributed by atoms with Crippen molar-refractivity contribution >= 4 is 17.8 Å². The number of hydrogen-bond acceptors (Lipinski definition) is 7. The van der Waals surface area contributed by atoms with Crippen LogP contribution < -0.4 is 10.6 Å². The summed E-state index contributed by atoms with van der Waals surface area (Å²) < 4.78 is 12.2. The van der Waals surface area contributed by atoms with Crippen LogP contribution in [0, 0.1) is 17.8 Å². The molecular weight excluding hydrogens is 416 g/mol. The number of nitrogens with one attached hydrogen (secondary N) is 2. The summed E-state index contributed by atoms with van der Waals surface area (Å²) in [6.45, 7) is 3.23. The van der Waals surface area contributed by atoms with Crippen LogP contribution in [0.1, 0.15) is 78.1 Å². The van der Waals surface area contributed by atoms with E-state index in [-0.39, 0.29) is 47.7 Å². The Morgan fingerprint density at radius 1 is 1.03 bits per heavy atom. The lowest BCUT2D eigenvalue weighted by molar-refractivity contribution is -0.392. The van der Waals surface area contributed by atoms with Gasteiger partial charge in [0.05, 0.1) is 0 Å². The minimum atomic E-state index is -0.859. The number of carbonyl (C=O) groups excluding carboxylic acids is 3. The number of carbonyl (C=O) groups is 3. The fourth-order valence-electron chi connectivity index (χ4n) is 7.21. The molecule has 9 nitrogen and oxygen atoms in total. The van der Waals surface area contributed by atoms with Crippen molar-refractivity contribution in [3.8, 4) is 0 Å². The van der Waals surface area contributed by atoms with Crippen molar-refractivity contribution in [1.29, 1.82) is 0 Å². The third-order valence-corrected chi connectivity index (χ3v) is 8.08. The van der Waals surface area contributed by atoms with Crippen LogP contribution in [-0.2, 0) is 33.6 Å². The minimum Gasteiger partial charge on any atom is -0.462 e. The zero-order valence-electron chi connectivity index (χ0n) is 18.9. The summed E-state index contributed by atoms with van der Waals surface area (Å²) in [6.07, 6.45) is 7.55. The van der Waals surface area contributed by atoms with Crippen LogP contribution in [0.2, 0.25) is 0 Å². The highest BCUT2D eigenvalue weighted by Crippen LogP contribution is 2.65. The van der Waals surface area contributed by atoms with Crippen molar-refractivity contribution in [3.63, 3.8) is 0 Å². The Hall–Kier alpha value is -1.71. The summed E-state index contributed by atoms with van der Waals surface area (Å²) >= 11 is 0. The topological polar surface area (TPSA) is 112 Å². The molecule has 2 amide bonds. The first-order chi connectivity index (χ1) is 15.2. The first-order valence-electron chi connectivity index (χ1n) is 12.0. The standard InChI is InChI=1S/C23H34N2O7/c1-14(26)24-7-5-20(28)25-21-10-16-8-17(11-21)23(18(9-16)12-21)30-22(31-32-23)6-3-4-19(13-22)29-15(2)27/h16-19H,3-13H2,1-2H3,(H,24,26)(H,25,28)/t16?,17?,18?,19?,21?,22-,23?/m1/s1. The van der Waals surface area contributed by atoms with Crippen LogP contribution in [-0.4, -0.2) is 47.5 Å². The second kappa shape index (κ2) is 7.95. The average Bonchev–Trinajstić information content (AvgIpc) is 3.04. The molecule has 0 radical (unpaired) electrons. The molecule has 6 rings (SSSR count). The van der Waals surface area contributed by atoms with Crippen molar-refractivity contribution in [1.82, 2.24) is 10.6 Å². The molecule has 4 bridgehead atoms. The van der Waals surface area contributed by atoms with Gasteiger partial charge in [-0.3, -0.25) is 14.4 Å². The molecule has 1 saturated heterocycles. The van der Waals surface area contributed by atoms with E-state index in [1.165, 1.54) is 13.8 Å². The van der Waals surface area contributed by atoms with Gasteiger partial charge in [0, 0.05) is 57.0 Å². The maximum Gasteiger partial charge on any atom is 0.302 e.